The quantitative estimate of drug-likeness (QED) is 0.753. The maximum Gasteiger partial charge on any atom is 0.257 e. The number of ether oxygens (including phenoxy) is 1. The Morgan fingerprint density at radius 3 is 2.89 bits per heavy atom. The summed E-state index contributed by atoms with van der Waals surface area (Å²) in [4.78, 5) is 11.4. The number of carbonyl (C=O) groups is 1. The second kappa shape index (κ2) is 8.53. The molecule has 0 spiro atoms. The number of rotatable bonds is 8. The number of hydrogen-bond acceptors (Lipinski definition) is 3. The zero-order chi connectivity index (χ0) is 14.1. The summed E-state index contributed by atoms with van der Waals surface area (Å²) in [7, 11) is 0. The SMILES string of the molecule is CCCNC(=O)COc1cccc(CC(N)CC)c1. The summed E-state index contributed by atoms with van der Waals surface area (Å²) in [6, 6.07) is 7.93. The molecule has 1 aromatic rings. The number of nitrogens with two attached hydrogens (primary N) is 1. The van der Waals surface area contributed by atoms with Gasteiger partial charge >= 0.3 is 0 Å². The molecule has 0 saturated carbocycles. The molecule has 0 fully saturated rings. The first kappa shape index (κ1) is 15.5. The van der Waals surface area contributed by atoms with E-state index < -0.39 is 0 Å². The highest BCUT2D eigenvalue weighted by atomic mass is 16.5. The molecule has 0 saturated heterocycles. The lowest BCUT2D eigenvalue weighted by Crippen LogP contribution is -2.29. The molecule has 0 bridgehead atoms. The Balaban J connectivity index is 2.45. The first-order valence-electron chi connectivity index (χ1n) is 6.89. The van der Waals surface area contributed by atoms with Gasteiger partial charge in [-0.15, -0.1) is 0 Å². The summed E-state index contributed by atoms with van der Waals surface area (Å²) in [5, 5.41) is 2.77. The van der Waals surface area contributed by atoms with Crippen LogP contribution in [0.1, 0.15) is 32.3 Å². The van der Waals surface area contributed by atoms with Crippen molar-refractivity contribution in [3.05, 3.63) is 29.8 Å². The summed E-state index contributed by atoms with van der Waals surface area (Å²) < 4.78 is 5.47. The monoisotopic (exact) mass is 264 g/mol. The van der Waals surface area contributed by atoms with Gasteiger partial charge in [0.05, 0.1) is 0 Å². The third kappa shape index (κ3) is 6.25. The summed E-state index contributed by atoms with van der Waals surface area (Å²) in [5.74, 6) is 0.630. The normalized spacial score (nSPS) is 11.9. The Hall–Kier alpha value is -1.55. The van der Waals surface area contributed by atoms with Crippen LogP contribution in [0.3, 0.4) is 0 Å². The molecule has 0 aliphatic carbocycles. The first-order valence-corrected chi connectivity index (χ1v) is 6.89. The van der Waals surface area contributed by atoms with Crippen molar-refractivity contribution in [2.24, 2.45) is 5.73 Å². The maximum atomic E-state index is 11.4. The van der Waals surface area contributed by atoms with E-state index in [1.54, 1.807) is 0 Å². The van der Waals surface area contributed by atoms with E-state index in [9.17, 15) is 4.79 Å². The molecule has 1 aromatic carbocycles. The molecular weight excluding hydrogens is 240 g/mol. The van der Waals surface area contributed by atoms with Crippen LogP contribution in [0.25, 0.3) is 0 Å². The molecule has 0 radical (unpaired) electrons. The highest BCUT2D eigenvalue weighted by Crippen LogP contribution is 2.14. The molecule has 1 atom stereocenters. The fraction of sp³-hybridized carbons (Fsp3) is 0.533. The van der Waals surface area contributed by atoms with Crippen molar-refractivity contribution in [2.75, 3.05) is 13.2 Å². The van der Waals surface area contributed by atoms with E-state index in [1.807, 2.05) is 31.2 Å². The number of benzene rings is 1. The average molecular weight is 264 g/mol. The highest BCUT2D eigenvalue weighted by Gasteiger charge is 2.04. The first-order chi connectivity index (χ1) is 9.15. The Kier molecular flexibility index (Phi) is 6.97. The van der Waals surface area contributed by atoms with Crippen LogP contribution in [0.15, 0.2) is 24.3 Å². The van der Waals surface area contributed by atoms with Gasteiger partial charge in [0.1, 0.15) is 5.75 Å². The second-order valence-corrected chi connectivity index (χ2v) is 4.66. The average Bonchev–Trinajstić information content (AvgIpc) is 2.43. The Bertz CT molecular complexity index is 393. The standard InChI is InChI=1S/C15H24N2O2/c1-3-8-17-15(18)11-19-14-7-5-6-12(10-14)9-13(16)4-2/h5-7,10,13H,3-4,8-9,11,16H2,1-2H3,(H,17,18). The lowest BCUT2D eigenvalue weighted by Gasteiger charge is -2.11. The number of hydrogen-bond donors (Lipinski definition) is 2. The van der Waals surface area contributed by atoms with Crippen molar-refractivity contribution in [1.82, 2.24) is 5.32 Å². The Labute approximate surface area is 115 Å². The highest BCUT2D eigenvalue weighted by molar-refractivity contribution is 5.77. The van der Waals surface area contributed by atoms with E-state index in [1.165, 1.54) is 0 Å². The van der Waals surface area contributed by atoms with Gasteiger partial charge in [0.25, 0.3) is 5.91 Å². The summed E-state index contributed by atoms with van der Waals surface area (Å²) in [6.45, 7) is 4.83. The third-order valence-corrected chi connectivity index (χ3v) is 2.86. The van der Waals surface area contributed by atoms with Gasteiger partial charge in [-0.05, 0) is 37.0 Å². The Morgan fingerprint density at radius 1 is 1.42 bits per heavy atom. The van der Waals surface area contributed by atoms with Gasteiger partial charge in [-0.2, -0.15) is 0 Å². The van der Waals surface area contributed by atoms with Gasteiger partial charge in [0.2, 0.25) is 0 Å². The molecular formula is C15H24N2O2. The third-order valence-electron chi connectivity index (χ3n) is 2.86. The van der Waals surface area contributed by atoms with Gasteiger partial charge < -0.3 is 15.8 Å². The van der Waals surface area contributed by atoms with Crippen LogP contribution in [0.2, 0.25) is 0 Å². The summed E-state index contributed by atoms with van der Waals surface area (Å²) >= 11 is 0. The topological polar surface area (TPSA) is 64.3 Å². The van der Waals surface area contributed by atoms with Gasteiger partial charge in [0.15, 0.2) is 6.61 Å². The van der Waals surface area contributed by atoms with Crippen LogP contribution < -0.4 is 15.8 Å². The molecule has 0 heterocycles. The van der Waals surface area contributed by atoms with Crippen LogP contribution >= 0.6 is 0 Å². The molecule has 1 amide bonds. The number of amides is 1. The van der Waals surface area contributed by atoms with E-state index in [4.69, 9.17) is 10.5 Å². The van der Waals surface area contributed by atoms with E-state index >= 15 is 0 Å². The number of carbonyl (C=O) groups excluding carboxylic acids is 1. The van der Waals surface area contributed by atoms with Crippen LogP contribution in [0.4, 0.5) is 0 Å². The summed E-state index contributed by atoms with van der Waals surface area (Å²) in [6.07, 6.45) is 2.70. The van der Waals surface area contributed by atoms with E-state index in [0.29, 0.717) is 12.3 Å². The minimum Gasteiger partial charge on any atom is -0.484 e. The molecule has 3 N–H and O–H groups in total. The number of nitrogens with one attached hydrogen (secondary N) is 1. The van der Waals surface area contributed by atoms with Crippen molar-refractivity contribution in [2.45, 2.75) is 39.2 Å². The molecule has 0 aromatic heterocycles. The van der Waals surface area contributed by atoms with Gasteiger partial charge in [-0.25, -0.2) is 0 Å². The van der Waals surface area contributed by atoms with Gasteiger partial charge in [-0.1, -0.05) is 26.0 Å². The lowest BCUT2D eigenvalue weighted by atomic mass is 10.0. The fourth-order valence-corrected chi connectivity index (χ4v) is 1.67. The van der Waals surface area contributed by atoms with Crippen LogP contribution in [-0.2, 0) is 11.2 Å². The van der Waals surface area contributed by atoms with Crippen molar-refractivity contribution < 1.29 is 9.53 Å². The van der Waals surface area contributed by atoms with Crippen LogP contribution in [0.5, 0.6) is 5.75 Å². The minimum atomic E-state index is -0.0856. The second-order valence-electron chi connectivity index (χ2n) is 4.66. The Morgan fingerprint density at radius 2 is 2.21 bits per heavy atom. The predicted molar refractivity (Wildman–Crippen MR) is 77.2 cm³/mol. The minimum absolute atomic E-state index is 0.0588. The molecule has 0 aliphatic heterocycles. The lowest BCUT2D eigenvalue weighted by molar-refractivity contribution is -0.123. The predicted octanol–water partition coefficient (Wildman–Crippen LogP) is 1.87. The van der Waals surface area contributed by atoms with Crippen LogP contribution in [0, 0.1) is 0 Å². The van der Waals surface area contributed by atoms with Crippen molar-refractivity contribution in [3.8, 4) is 5.75 Å². The molecule has 0 aliphatic rings. The van der Waals surface area contributed by atoms with Gasteiger partial charge in [-0.3, -0.25) is 4.79 Å². The van der Waals surface area contributed by atoms with Crippen LogP contribution in [-0.4, -0.2) is 25.1 Å². The molecule has 1 unspecified atom stereocenters. The molecule has 4 nitrogen and oxygen atoms in total. The van der Waals surface area contributed by atoms with Crippen molar-refractivity contribution in [1.29, 1.82) is 0 Å². The van der Waals surface area contributed by atoms with Crippen molar-refractivity contribution in [3.63, 3.8) is 0 Å². The summed E-state index contributed by atoms with van der Waals surface area (Å²) in [5.41, 5.74) is 7.07. The zero-order valence-corrected chi connectivity index (χ0v) is 11.8. The van der Waals surface area contributed by atoms with E-state index in [2.05, 4.69) is 12.2 Å². The van der Waals surface area contributed by atoms with E-state index in [-0.39, 0.29) is 18.6 Å². The molecule has 1 rings (SSSR count). The molecule has 19 heavy (non-hydrogen) atoms. The van der Waals surface area contributed by atoms with Gasteiger partial charge in [0, 0.05) is 12.6 Å². The largest absolute Gasteiger partial charge is 0.484 e. The fourth-order valence-electron chi connectivity index (χ4n) is 1.67. The zero-order valence-electron chi connectivity index (χ0n) is 11.8. The smallest absolute Gasteiger partial charge is 0.257 e. The molecule has 106 valence electrons. The van der Waals surface area contributed by atoms with E-state index in [0.717, 1.165) is 24.8 Å². The van der Waals surface area contributed by atoms with Crippen molar-refractivity contribution >= 4 is 5.91 Å². The maximum absolute atomic E-state index is 11.4. The molecule has 4 heteroatoms.